The smallest absolute Gasteiger partial charge is 0.306 e. The van der Waals surface area contributed by atoms with Crippen molar-refractivity contribution in [3.05, 3.63) is 36.5 Å². The maximum absolute atomic E-state index is 12.7. The molecule has 0 radical (unpaired) electrons. The lowest BCUT2D eigenvalue weighted by Crippen LogP contribution is -2.30. The Hall–Kier alpha value is -2.37. The van der Waals surface area contributed by atoms with Gasteiger partial charge in [0.2, 0.25) is 0 Å². The van der Waals surface area contributed by atoms with Gasteiger partial charge >= 0.3 is 17.9 Å². The predicted molar refractivity (Wildman–Crippen MR) is 238 cm³/mol. The summed E-state index contributed by atoms with van der Waals surface area (Å²) in [4.78, 5) is 37.7. The Morgan fingerprint density at radius 3 is 1.00 bits per heavy atom. The Morgan fingerprint density at radius 1 is 0.339 bits per heavy atom. The van der Waals surface area contributed by atoms with Crippen LogP contribution in [-0.4, -0.2) is 37.2 Å². The molecule has 0 N–H and O–H groups in total. The minimum Gasteiger partial charge on any atom is -0.462 e. The van der Waals surface area contributed by atoms with Crippen LogP contribution in [0.2, 0.25) is 0 Å². The van der Waals surface area contributed by atoms with Crippen LogP contribution >= 0.6 is 0 Å². The van der Waals surface area contributed by atoms with Crippen molar-refractivity contribution in [1.82, 2.24) is 0 Å². The molecule has 0 rings (SSSR count). The van der Waals surface area contributed by atoms with E-state index in [9.17, 15) is 14.4 Å². The summed E-state index contributed by atoms with van der Waals surface area (Å²) in [7, 11) is 0. The second kappa shape index (κ2) is 45.3. The fourth-order valence-corrected chi connectivity index (χ4v) is 6.67. The number of ether oxygens (including phenoxy) is 3. The van der Waals surface area contributed by atoms with E-state index in [-0.39, 0.29) is 31.1 Å². The van der Waals surface area contributed by atoms with Gasteiger partial charge in [0.1, 0.15) is 13.2 Å². The summed E-state index contributed by atoms with van der Waals surface area (Å²) in [6.07, 6.45) is 51.4. The molecule has 0 amide bonds. The number of carbonyl (C=O) groups is 3. The molecule has 6 heteroatoms. The predicted octanol–water partition coefficient (Wildman–Crippen LogP) is 15.4. The molecule has 0 aliphatic carbocycles. The number of carbonyl (C=O) groups excluding carboxylic acids is 3. The molecule has 1 unspecified atom stereocenters. The van der Waals surface area contributed by atoms with Gasteiger partial charge in [-0.1, -0.05) is 173 Å². The zero-order valence-electron chi connectivity index (χ0n) is 37.2. The van der Waals surface area contributed by atoms with E-state index in [4.69, 9.17) is 14.2 Å². The molecule has 0 saturated heterocycles. The molecule has 0 aromatic rings. The summed E-state index contributed by atoms with van der Waals surface area (Å²) < 4.78 is 16.7. The van der Waals surface area contributed by atoms with E-state index in [1.165, 1.54) is 128 Å². The van der Waals surface area contributed by atoms with Crippen molar-refractivity contribution >= 4 is 17.9 Å². The molecule has 56 heavy (non-hydrogen) atoms. The Bertz CT molecular complexity index is 953. The average molecular weight is 787 g/mol. The highest BCUT2D eigenvalue weighted by Gasteiger charge is 2.19. The molecule has 0 aliphatic heterocycles. The zero-order valence-corrected chi connectivity index (χ0v) is 37.2. The van der Waals surface area contributed by atoms with Gasteiger partial charge in [0.25, 0.3) is 0 Å². The van der Waals surface area contributed by atoms with Crippen molar-refractivity contribution in [2.45, 2.75) is 252 Å². The lowest BCUT2D eigenvalue weighted by Gasteiger charge is -2.18. The standard InChI is InChI=1S/C50H90O6/c1-4-7-10-13-16-19-21-23-24-25-27-28-31-34-37-40-43-49(52)55-46-47(45-54-48(51)42-39-36-33-30-18-15-12-9-6-3)56-50(53)44-41-38-35-32-29-26-22-20-17-14-11-8-5-2/h24-26,29-30,33,47H,4-23,27-28,31-32,34-46H2,1-3H3/b25-24-,29-26-,33-30-. The fourth-order valence-electron chi connectivity index (χ4n) is 6.67. The molecule has 0 fully saturated rings. The summed E-state index contributed by atoms with van der Waals surface area (Å²) in [5, 5.41) is 0. The monoisotopic (exact) mass is 787 g/mol. The lowest BCUT2D eigenvalue weighted by molar-refractivity contribution is -0.167. The molecule has 0 heterocycles. The van der Waals surface area contributed by atoms with E-state index in [0.29, 0.717) is 25.7 Å². The summed E-state index contributed by atoms with van der Waals surface area (Å²) in [6, 6.07) is 0. The van der Waals surface area contributed by atoms with E-state index in [0.717, 1.165) is 70.6 Å². The van der Waals surface area contributed by atoms with Crippen molar-refractivity contribution in [2.24, 2.45) is 0 Å². The normalized spacial score (nSPS) is 12.3. The van der Waals surface area contributed by atoms with Gasteiger partial charge in [-0.15, -0.1) is 0 Å². The quantitative estimate of drug-likeness (QED) is 0.0265. The van der Waals surface area contributed by atoms with E-state index >= 15 is 0 Å². The van der Waals surface area contributed by atoms with Crippen LogP contribution < -0.4 is 0 Å². The van der Waals surface area contributed by atoms with Crippen molar-refractivity contribution in [1.29, 1.82) is 0 Å². The molecular weight excluding hydrogens is 697 g/mol. The number of hydrogen-bond donors (Lipinski definition) is 0. The summed E-state index contributed by atoms with van der Waals surface area (Å²) >= 11 is 0. The highest BCUT2D eigenvalue weighted by atomic mass is 16.6. The molecule has 0 aromatic carbocycles. The molecule has 0 saturated carbocycles. The van der Waals surface area contributed by atoms with Crippen LogP contribution in [0, 0.1) is 0 Å². The third kappa shape index (κ3) is 42.8. The lowest BCUT2D eigenvalue weighted by atomic mass is 10.1. The third-order valence-electron chi connectivity index (χ3n) is 10.3. The van der Waals surface area contributed by atoms with Crippen molar-refractivity contribution < 1.29 is 28.6 Å². The topological polar surface area (TPSA) is 78.9 Å². The van der Waals surface area contributed by atoms with Gasteiger partial charge in [0, 0.05) is 19.3 Å². The number of hydrogen-bond acceptors (Lipinski definition) is 6. The van der Waals surface area contributed by atoms with Crippen LogP contribution in [0.25, 0.3) is 0 Å². The first-order chi connectivity index (χ1) is 27.5. The van der Waals surface area contributed by atoms with Crippen molar-refractivity contribution in [2.75, 3.05) is 13.2 Å². The Morgan fingerprint density at radius 2 is 0.607 bits per heavy atom. The number of rotatable bonds is 43. The summed E-state index contributed by atoms with van der Waals surface area (Å²) in [6.45, 7) is 6.55. The van der Waals surface area contributed by atoms with Gasteiger partial charge in [-0.2, -0.15) is 0 Å². The number of unbranched alkanes of at least 4 members (excludes halogenated alkanes) is 26. The second-order valence-electron chi connectivity index (χ2n) is 16.0. The van der Waals surface area contributed by atoms with Crippen LogP contribution in [0.1, 0.15) is 245 Å². The Labute approximate surface area is 346 Å². The molecule has 0 spiro atoms. The van der Waals surface area contributed by atoms with Crippen LogP contribution in [0.5, 0.6) is 0 Å². The SMILES string of the molecule is CCCCCC/C=C\CCCC(=O)OCC(COC(=O)CCCCCCC/C=C\CCCCCCCCC)OC(=O)CCCCC/C=C\CCCCCCCC. The molecule has 326 valence electrons. The van der Waals surface area contributed by atoms with E-state index in [1.807, 2.05) is 0 Å². The first-order valence-electron chi connectivity index (χ1n) is 24.0. The molecule has 0 aromatic heterocycles. The van der Waals surface area contributed by atoms with Crippen LogP contribution in [0.4, 0.5) is 0 Å². The summed E-state index contributed by atoms with van der Waals surface area (Å²) in [5.74, 6) is -0.948. The molecule has 6 nitrogen and oxygen atoms in total. The number of allylic oxidation sites excluding steroid dienone is 6. The highest BCUT2D eigenvalue weighted by Crippen LogP contribution is 2.13. The van der Waals surface area contributed by atoms with Crippen LogP contribution in [0.15, 0.2) is 36.5 Å². The van der Waals surface area contributed by atoms with Crippen molar-refractivity contribution in [3.63, 3.8) is 0 Å². The Kier molecular flexibility index (Phi) is 43.4. The largest absolute Gasteiger partial charge is 0.462 e. The van der Waals surface area contributed by atoms with Crippen molar-refractivity contribution in [3.8, 4) is 0 Å². The molecular formula is C50H90O6. The maximum Gasteiger partial charge on any atom is 0.306 e. The van der Waals surface area contributed by atoms with Gasteiger partial charge in [0.15, 0.2) is 6.10 Å². The minimum absolute atomic E-state index is 0.0901. The second-order valence-corrected chi connectivity index (χ2v) is 16.0. The molecule has 0 bridgehead atoms. The summed E-state index contributed by atoms with van der Waals surface area (Å²) in [5.41, 5.74) is 0. The maximum atomic E-state index is 12.7. The van der Waals surface area contributed by atoms with E-state index in [2.05, 4.69) is 57.2 Å². The zero-order chi connectivity index (χ0) is 40.8. The van der Waals surface area contributed by atoms with Gasteiger partial charge in [-0.25, -0.2) is 0 Å². The first kappa shape index (κ1) is 53.6. The van der Waals surface area contributed by atoms with E-state index < -0.39 is 6.10 Å². The van der Waals surface area contributed by atoms with E-state index in [1.54, 1.807) is 0 Å². The Balaban J connectivity index is 4.37. The van der Waals surface area contributed by atoms with Crippen LogP contribution in [0.3, 0.4) is 0 Å². The third-order valence-corrected chi connectivity index (χ3v) is 10.3. The number of esters is 3. The average Bonchev–Trinajstić information content (AvgIpc) is 3.19. The van der Waals surface area contributed by atoms with Gasteiger partial charge in [0.05, 0.1) is 0 Å². The van der Waals surface area contributed by atoms with Crippen LogP contribution in [-0.2, 0) is 28.6 Å². The minimum atomic E-state index is -0.790. The fraction of sp³-hybridized carbons (Fsp3) is 0.820. The van der Waals surface area contributed by atoms with Gasteiger partial charge in [-0.3, -0.25) is 14.4 Å². The van der Waals surface area contributed by atoms with Gasteiger partial charge in [-0.05, 0) is 89.9 Å². The molecule has 0 aliphatic rings. The van der Waals surface area contributed by atoms with Gasteiger partial charge < -0.3 is 14.2 Å². The first-order valence-corrected chi connectivity index (χ1v) is 24.0. The molecule has 1 atom stereocenters. The highest BCUT2D eigenvalue weighted by molar-refractivity contribution is 5.71.